The zero-order chi connectivity index (χ0) is 22.4. The third-order valence-electron chi connectivity index (χ3n) is 4.91. The average Bonchev–Trinajstić information content (AvgIpc) is 2.79. The molecule has 5 nitrogen and oxygen atoms in total. The minimum atomic E-state index is -0.974. The minimum absolute atomic E-state index is 0.128. The summed E-state index contributed by atoms with van der Waals surface area (Å²) in [5.74, 6) is -0.917. The van der Waals surface area contributed by atoms with E-state index < -0.39 is 18.0 Å². The van der Waals surface area contributed by atoms with Gasteiger partial charge in [-0.05, 0) is 36.6 Å². The molecule has 0 aromatic heterocycles. The van der Waals surface area contributed by atoms with Crippen LogP contribution in [-0.2, 0) is 9.53 Å². The Kier molecular flexibility index (Phi) is 6.98. The Hall–Kier alpha value is -3.73. The molecule has 0 unspecified atom stereocenters. The normalized spacial score (nSPS) is 11.6. The van der Waals surface area contributed by atoms with Gasteiger partial charge in [-0.15, -0.1) is 0 Å². The first-order valence-electron chi connectivity index (χ1n) is 10.2. The molecule has 158 valence electrons. The molecular formula is C26H25NO4. The topological polar surface area (TPSA) is 72.5 Å². The number of anilines is 1. The summed E-state index contributed by atoms with van der Waals surface area (Å²) in [5, 5.41) is 2.83. The molecule has 1 N–H and O–H groups in total. The molecule has 5 heteroatoms. The molecule has 0 spiro atoms. The maximum absolute atomic E-state index is 12.5. The molecule has 0 saturated carbocycles. The van der Waals surface area contributed by atoms with Crippen molar-refractivity contribution in [2.24, 2.45) is 0 Å². The van der Waals surface area contributed by atoms with Crippen molar-refractivity contribution in [3.05, 3.63) is 101 Å². The van der Waals surface area contributed by atoms with Gasteiger partial charge in [0, 0.05) is 16.8 Å². The Morgan fingerprint density at radius 2 is 1.26 bits per heavy atom. The molecule has 3 rings (SSSR count). The van der Waals surface area contributed by atoms with Crippen molar-refractivity contribution in [3.63, 3.8) is 0 Å². The number of hydrogen-bond donors (Lipinski definition) is 1. The molecule has 0 aliphatic heterocycles. The van der Waals surface area contributed by atoms with Crippen LogP contribution in [0.2, 0.25) is 0 Å². The van der Waals surface area contributed by atoms with E-state index in [0.29, 0.717) is 16.8 Å². The minimum Gasteiger partial charge on any atom is -0.449 e. The van der Waals surface area contributed by atoms with E-state index in [0.717, 1.165) is 5.56 Å². The van der Waals surface area contributed by atoms with Gasteiger partial charge in [0.25, 0.3) is 5.91 Å². The van der Waals surface area contributed by atoms with Crippen molar-refractivity contribution in [2.45, 2.75) is 32.8 Å². The van der Waals surface area contributed by atoms with Crippen LogP contribution in [0.25, 0.3) is 0 Å². The molecule has 0 fully saturated rings. The smallest absolute Gasteiger partial charge is 0.338 e. The largest absolute Gasteiger partial charge is 0.449 e. The van der Waals surface area contributed by atoms with Gasteiger partial charge in [0.05, 0.1) is 5.56 Å². The van der Waals surface area contributed by atoms with Crippen molar-refractivity contribution in [1.29, 1.82) is 0 Å². The molecule has 1 atom stereocenters. The first-order chi connectivity index (χ1) is 14.9. The summed E-state index contributed by atoms with van der Waals surface area (Å²) >= 11 is 0. The Balaban J connectivity index is 1.63. The zero-order valence-electron chi connectivity index (χ0n) is 17.8. The monoisotopic (exact) mass is 415 g/mol. The Morgan fingerprint density at radius 1 is 0.710 bits per heavy atom. The van der Waals surface area contributed by atoms with Gasteiger partial charge in [-0.25, -0.2) is 4.79 Å². The fraction of sp³-hybridized carbons (Fsp3) is 0.192. The molecule has 3 aromatic carbocycles. The maximum atomic E-state index is 12.5. The lowest BCUT2D eigenvalue weighted by Gasteiger charge is -2.17. The van der Waals surface area contributed by atoms with E-state index in [2.05, 4.69) is 5.32 Å². The first-order valence-corrected chi connectivity index (χ1v) is 10.2. The first kappa shape index (κ1) is 22.0. The highest BCUT2D eigenvalue weighted by atomic mass is 16.5. The van der Waals surface area contributed by atoms with Crippen LogP contribution in [0.4, 0.5) is 5.69 Å². The van der Waals surface area contributed by atoms with Gasteiger partial charge in [-0.3, -0.25) is 9.59 Å². The highest BCUT2D eigenvalue weighted by Crippen LogP contribution is 2.24. The average molecular weight is 415 g/mol. The van der Waals surface area contributed by atoms with E-state index in [9.17, 15) is 14.4 Å². The lowest BCUT2D eigenvalue weighted by atomic mass is 10.0. The summed E-state index contributed by atoms with van der Waals surface area (Å²) in [5.41, 5.74) is 3.03. The van der Waals surface area contributed by atoms with Crippen molar-refractivity contribution < 1.29 is 19.1 Å². The molecule has 1 amide bonds. The Bertz CT molecular complexity index is 1070. The number of para-hydroxylation sites is 1. The number of benzene rings is 3. The number of esters is 1. The fourth-order valence-electron chi connectivity index (χ4n) is 3.14. The third kappa shape index (κ3) is 5.45. The number of hydrogen-bond acceptors (Lipinski definition) is 4. The second-order valence-electron chi connectivity index (χ2n) is 7.55. The molecule has 0 aliphatic carbocycles. The zero-order valence-corrected chi connectivity index (χ0v) is 17.8. The highest BCUT2D eigenvalue weighted by molar-refractivity contribution is 6.09. The number of nitrogens with one attached hydrogen (secondary N) is 1. The van der Waals surface area contributed by atoms with Crippen LogP contribution in [0.15, 0.2) is 78.9 Å². The van der Waals surface area contributed by atoms with Crippen LogP contribution in [0.1, 0.15) is 58.5 Å². The van der Waals surface area contributed by atoms with E-state index in [4.69, 9.17) is 4.74 Å². The van der Waals surface area contributed by atoms with E-state index in [1.54, 1.807) is 36.4 Å². The molecule has 3 aromatic rings. The van der Waals surface area contributed by atoms with E-state index in [-0.39, 0.29) is 17.3 Å². The number of carbonyl (C=O) groups excluding carboxylic acids is 3. The van der Waals surface area contributed by atoms with Gasteiger partial charge < -0.3 is 10.1 Å². The van der Waals surface area contributed by atoms with Gasteiger partial charge in [0.1, 0.15) is 0 Å². The van der Waals surface area contributed by atoms with Crippen LogP contribution in [0, 0.1) is 0 Å². The number of ketones is 1. The summed E-state index contributed by atoms with van der Waals surface area (Å²) in [4.78, 5) is 37.4. The van der Waals surface area contributed by atoms with Crippen LogP contribution in [0.3, 0.4) is 0 Å². The quantitative estimate of drug-likeness (QED) is 0.424. The van der Waals surface area contributed by atoms with Gasteiger partial charge in [-0.1, -0.05) is 74.5 Å². The number of rotatable bonds is 7. The third-order valence-corrected chi connectivity index (χ3v) is 4.91. The summed E-state index contributed by atoms with van der Waals surface area (Å²) in [6.07, 6.45) is -0.974. The lowest BCUT2D eigenvalue weighted by Crippen LogP contribution is -2.30. The second kappa shape index (κ2) is 9.85. The van der Waals surface area contributed by atoms with Gasteiger partial charge >= 0.3 is 5.97 Å². The molecule has 0 heterocycles. The molecule has 31 heavy (non-hydrogen) atoms. The maximum Gasteiger partial charge on any atom is 0.338 e. The number of carbonyl (C=O) groups is 3. The summed E-state index contributed by atoms with van der Waals surface area (Å²) in [6.45, 7) is 5.61. The van der Waals surface area contributed by atoms with Crippen LogP contribution >= 0.6 is 0 Å². The lowest BCUT2D eigenvalue weighted by molar-refractivity contribution is -0.123. The van der Waals surface area contributed by atoms with Crippen LogP contribution < -0.4 is 5.32 Å². The van der Waals surface area contributed by atoms with Gasteiger partial charge in [0.15, 0.2) is 11.9 Å². The standard InChI is InChI=1S/C26H25NO4/c1-17(2)22-11-7-8-12-23(22)27-25(29)18(3)31-26(30)21-15-13-20(14-16-21)24(28)19-9-5-4-6-10-19/h4-18H,1-3H3,(H,27,29)/t18-/m0/s1. The van der Waals surface area contributed by atoms with Crippen LogP contribution in [0.5, 0.6) is 0 Å². The number of ether oxygens (including phenoxy) is 1. The second-order valence-corrected chi connectivity index (χ2v) is 7.55. The highest BCUT2D eigenvalue weighted by Gasteiger charge is 2.20. The molecule has 0 bridgehead atoms. The van der Waals surface area contributed by atoms with E-state index >= 15 is 0 Å². The summed E-state index contributed by atoms with van der Waals surface area (Å²) in [6, 6.07) is 22.7. The SMILES string of the molecule is CC(C)c1ccccc1NC(=O)[C@H](C)OC(=O)c1ccc(C(=O)c2ccccc2)cc1. The summed E-state index contributed by atoms with van der Waals surface area (Å²) in [7, 11) is 0. The predicted molar refractivity (Wildman–Crippen MR) is 120 cm³/mol. The van der Waals surface area contributed by atoms with Crippen molar-refractivity contribution in [1.82, 2.24) is 0 Å². The fourth-order valence-corrected chi connectivity index (χ4v) is 3.14. The van der Waals surface area contributed by atoms with Gasteiger partial charge in [0.2, 0.25) is 0 Å². The van der Waals surface area contributed by atoms with Crippen molar-refractivity contribution >= 4 is 23.3 Å². The van der Waals surface area contributed by atoms with E-state index in [1.807, 2.05) is 44.2 Å². The van der Waals surface area contributed by atoms with Crippen molar-refractivity contribution in [2.75, 3.05) is 5.32 Å². The predicted octanol–water partition coefficient (Wildman–Crippen LogP) is 5.23. The number of amides is 1. The van der Waals surface area contributed by atoms with Crippen LogP contribution in [-0.4, -0.2) is 23.8 Å². The Labute approximate surface area is 182 Å². The van der Waals surface area contributed by atoms with Gasteiger partial charge in [-0.2, -0.15) is 0 Å². The molecule has 0 saturated heterocycles. The molecule has 0 radical (unpaired) electrons. The van der Waals surface area contributed by atoms with Crippen molar-refractivity contribution in [3.8, 4) is 0 Å². The summed E-state index contributed by atoms with van der Waals surface area (Å²) < 4.78 is 5.32. The molecule has 0 aliphatic rings. The van der Waals surface area contributed by atoms with E-state index in [1.165, 1.54) is 19.1 Å². The Morgan fingerprint density at radius 3 is 1.90 bits per heavy atom. The molecular weight excluding hydrogens is 390 g/mol.